The van der Waals surface area contributed by atoms with Crippen molar-refractivity contribution in [3.05, 3.63) is 59.7 Å². The van der Waals surface area contributed by atoms with Crippen LogP contribution in [0.3, 0.4) is 0 Å². The average Bonchev–Trinajstić information content (AvgIpc) is 2.94. The summed E-state index contributed by atoms with van der Waals surface area (Å²) >= 11 is 0. The molecule has 1 unspecified atom stereocenters. The summed E-state index contributed by atoms with van der Waals surface area (Å²) in [7, 11) is -0.656. The fourth-order valence-corrected chi connectivity index (χ4v) is 8.92. The van der Waals surface area contributed by atoms with Crippen LogP contribution in [0, 0.1) is 17.8 Å². The Bertz CT molecular complexity index is 1320. The molecule has 0 aromatic heterocycles. The van der Waals surface area contributed by atoms with E-state index in [1.165, 1.54) is 56.0 Å². The molecule has 6 rings (SSSR count). The number of hydrogen-bond acceptors (Lipinski definition) is 5. The van der Waals surface area contributed by atoms with Crippen LogP contribution in [0.5, 0.6) is 5.75 Å². The fraction of sp³-hybridized carbons (Fsp3) is 0.562. The summed E-state index contributed by atoms with van der Waals surface area (Å²) in [6.07, 6.45) is 9.28. The first kappa shape index (κ1) is 29.4. The summed E-state index contributed by atoms with van der Waals surface area (Å²) in [6.45, 7) is 1.61. The summed E-state index contributed by atoms with van der Waals surface area (Å²) < 4.78 is 32.4. The van der Waals surface area contributed by atoms with E-state index in [9.17, 15) is 18.0 Å². The molecule has 41 heavy (non-hydrogen) atoms. The predicted molar refractivity (Wildman–Crippen MR) is 160 cm³/mol. The average molecular weight is 582 g/mol. The van der Waals surface area contributed by atoms with Gasteiger partial charge in [-0.05, 0) is 104 Å². The maximum atomic E-state index is 13.8. The van der Waals surface area contributed by atoms with E-state index in [1.54, 1.807) is 19.2 Å². The Morgan fingerprint density at radius 2 is 1.54 bits per heavy atom. The molecule has 0 radical (unpaired) electrons. The number of likely N-dealkylation sites (N-methyl/N-ethyl adjacent to an activating group) is 1. The largest absolute Gasteiger partial charge is 0.497 e. The minimum atomic E-state index is -3.78. The van der Waals surface area contributed by atoms with E-state index in [1.807, 2.05) is 31.2 Å². The molecule has 8 nitrogen and oxygen atoms in total. The summed E-state index contributed by atoms with van der Waals surface area (Å²) in [5.41, 5.74) is 2.78. The highest BCUT2D eigenvalue weighted by atomic mass is 32.2. The Labute approximate surface area is 244 Å². The molecule has 222 valence electrons. The lowest BCUT2D eigenvalue weighted by Crippen LogP contribution is -2.51. The predicted octanol–water partition coefficient (Wildman–Crippen LogP) is 4.48. The van der Waals surface area contributed by atoms with Gasteiger partial charge in [0.1, 0.15) is 18.3 Å². The third-order valence-electron chi connectivity index (χ3n) is 9.63. The Kier molecular flexibility index (Phi) is 8.37. The second-order valence-electron chi connectivity index (χ2n) is 12.4. The van der Waals surface area contributed by atoms with E-state index >= 15 is 0 Å². The minimum absolute atomic E-state index is 0.164. The maximum Gasteiger partial charge on any atom is 0.244 e. The van der Waals surface area contributed by atoms with Crippen molar-refractivity contribution in [1.82, 2.24) is 10.2 Å². The minimum Gasteiger partial charge on any atom is -0.497 e. The molecule has 1 atom stereocenters. The molecule has 0 saturated heterocycles. The standard InChI is InChI=1S/C32H43N3O5S/c1-5-29(31(37)33-2)34(20-22-6-12-28(40-3)13-7-22)30(36)21-35(41(4,38)39)27-10-8-26(9-11-27)32-17-23-14-24(18-32)16-25(15-23)19-32/h6-13,23-25,29H,5,14-21H2,1-4H3,(H,33,37). The second-order valence-corrected chi connectivity index (χ2v) is 14.3. The molecule has 0 heterocycles. The number of rotatable bonds is 11. The van der Waals surface area contributed by atoms with E-state index in [0.29, 0.717) is 17.9 Å². The van der Waals surface area contributed by atoms with Crippen LogP contribution in [0.25, 0.3) is 0 Å². The molecule has 4 aliphatic carbocycles. The first-order chi connectivity index (χ1) is 19.5. The second kappa shape index (κ2) is 11.7. The summed E-state index contributed by atoms with van der Waals surface area (Å²) in [5, 5.41) is 2.65. The van der Waals surface area contributed by atoms with Crippen molar-refractivity contribution in [1.29, 1.82) is 0 Å². The SMILES string of the molecule is CCC(C(=O)NC)N(Cc1ccc(OC)cc1)C(=O)CN(c1ccc(C23CC4CC(CC(C4)C2)C3)cc1)S(C)(=O)=O. The number of ether oxygens (including phenoxy) is 1. The van der Waals surface area contributed by atoms with Gasteiger partial charge in [-0.1, -0.05) is 31.2 Å². The van der Waals surface area contributed by atoms with Gasteiger partial charge in [0.25, 0.3) is 0 Å². The highest BCUT2D eigenvalue weighted by molar-refractivity contribution is 7.92. The zero-order chi connectivity index (χ0) is 29.4. The van der Waals surface area contributed by atoms with Crippen LogP contribution in [-0.4, -0.2) is 58.1 Å². The van der Waals surface area contributed by atoms with Crippen LogP contribution in [0.4, 0.5) is 5.69 Å². The number of nitrogens with zero attached hydrogens (tertiary/aromatic N) is 2. The highest BCUT2D eigenvalue weighted by Crippen LogP contribution is 2.60. The normalized spacial score (nSPS) is 25.4. The van der Waals surface area contributed by atoms with Crippen LogP contribution in [0.2, 0.25) is 0 Å². The molecular weight excluding hydrogens is 538 g/mol. The molecular formula is C32H43N3O5S. The van der Waals surface area contributed by atoms with Gasteiger partial charge in [0.2, 0.25) is 21.8 Å². The number of hydrogen-bond donors (Lipinski definition) is 1. The molecule has 4 bridgehead atoms. The Morgan fingerprint density at radius 1 is 0.976 bits per heavy atom. The van der Waals surface area contributed by atoms with Gasteiger partial charge in [-0.2, -0.15) is 0 Å². The zero-order valence-electron chi connectivity index (χ0n) is 24.6. The van der Waals surface area contributed by atoms with Crippen molar-refractivity contribution in [2.24, 2.45) is 17.8 Å². The lowest BCUT2D eigenvalue weighted by molar-refractivity contribution is -0.140. The third kappa shape index (κ3) is 6.10. The number of nitrogens with one attached hydrogen (secondary N) is 1. The van der Waals surface area contributed by atoms with Crippen LogP contribution in [0.1, 0.15) is 63.0 Å². The van der Waals surface area contributed by atoms with E-state index in [-0.39, 0.29) is 24.4 Å². The van der Waals surface area contributed by atoms with Gasteiger partial charge in [-0.15, -0.1) is 0 Å². The number of methoxy groups -OCH3 is 1. The first-order valence-electron chi connectivity index (χ1n) is 14.8. The Morgan fingerprint density at radius 3 is 2.00 bits per heavy atom. The number of benzene rings is 2. The van der Waals surface area contributed by atoms with E-state index < -0.39 is 22.0 Å². The van der Waals surface area contributed by atoms with Crippen LogP contribution >= 0.6 is 0 Å². The lowest BCUT2D eigenvalue weighted by atomic mass is 9.48. The van der Waals surface area contributed by atoms with Gasteiger partial charge >= 0.3 is 0 Å². The smallest absolute Gasteiger partial charge is 0.244 e. The maximum absolute atomic E-state index is 13.8. The molecule has 0 aliphatic heterocycles. The van der Waals surface area contributed by atoms with E-state index in [2.05, 4.69) is 17.4 Å². The number of carbonyl (C=O) groups is 2. The van der Waals surface area contributed by atoms with E-state index in [4.69, 9.17) is 4.74 Å². The summed E-state index contributed by atoms with van der Waals surface area (Å²) in [5.74, 6) is 2.40. The van der Waals surface area contributed by atoms with Crippen molar-refractivity contribution >= 4 is 27.5 Å². The van der Waals surface area contributed by atoms with Crippen LogP contribution < -0.4 is 14.4 Å². The Balaban J connectivity index is 1.39. The van der Waals surface area contributed by atoms with Gasteiger partial charge in [0.15, 0.2) is 0 Å². The van der Waals surface area contributed by atoms with Crippen molar-refractivity contribution in [3.8, 4) is 5.75 Å². The number of amides is 2. The van der Waals surface area contributed by atoms with Gasteiger partial charge in [0, 0.05) is 13.6 Å². The molecule has 1 N–H and O–H groups in total. The van der Waals surface area contributed by atoms with E-state index in [0.717, 1.165) is 33.9 Å². The third-order valence-corrected chi connectivity index (χ3v) is 10.8. The molecule has 4 saturated carbocycles. The molecule has 0 spiro atoms. The van der Waals surface area contributed by atoms with Gasteiger partial charge in [-0.3, -0.25) is 13.9 Å². The fourth-order valence-electron chi connectivity index (χ4n) is 8.07. The van der Waals surface area contributed by atoms with Crippen molar-refractivity contribution in [2.75, 3.05) is 31.3 Å². The molecule has 2 aromatic carbocycles. The number of carbonyl (C=O) groups excluding carboxylic acids is 2. The Hall–Kier alpha value is -3.07. The summed E-state index contributed by atoms with van der Waals surface area (Å²) in [4.78, 5) is 28.1. The molecule has 2 aromatic rings. The topological polar surface area (TPSA) is 96.0 Å². The van der Waals surface area contributed by atoms with Crippen molar-refractivity contribution < 1.29 is 22.7 Å². The first-order valence-corrected chi connectivity index (χ1v) is 16.6. The lowest BCUT2D eigenvalue weighted by Gasteiger charge is -2.57. The monoisotopic (exact) mass is 581 g/mol. The molecule has 4 fully saturated rings. The number of sulfonamides is 1. The van der Waals surface area contributed by atoms with Crippen molar-refractivity contribution in [3.63, 3.8) is 0 Å². The molecule has 2 amide bonds. The van der Waals surface area contributed by atoms with Crippen LogP contribution in [-0.2, 0) is 31.6 Å². The molecule has 4 aliphatic rings. The number of anilines is 1. The van der Waals surface area contributed by atoms with Gasteiger partial charge in [-0.25, -0.2) is 8.42 Å². The molecule has 9 heteroatoms. The summed E-state index contributed by atoms with van der Waals surface area (Å²) in [6, 6.07) is 14.4. The zero-order valence-corrected chi connectivity index (χ0v) is 25.5. The van der Waals surface area contributed by atoms with Gasteiger partial charge < -0.3 is 15.0 Å². The van der Waals surface area contributed by atoms with Crippen molar-refractivity contribution in [2.45, 2.75) is 69.9 Å². The van der Waals surface area contributed by atoms with Crippen LogP contribution in [0.15, 0.2) is 48.5 Å². The quantitative estimate of drug-likeness (QED) is 0.422. The van der Waals surface area contributed by atoms with Gasteiger partial charge in [0.05, 0.1) is 19.1 Å². The highest BCUT2D eigenvalue weighted by Gasteiger charge is 2.51.